The number of fused-ring (bicyclic) bond motifs is 3. The van der Waals surface area contributed by atoms with Crippen LogP contribution in [0.5, 0.6) is 17.2 Å². The highest BCUT2D eigenvalue weighted by atomic mass is 32.2. The van der Waals surface area contributed by atoms with Crippen LogP contribution in [0.1, 0.15) is 29.5 Å². The first kappa shape index (κ1) is 23.1. The summed E-state index contributed by atoms with van der Waals surface area (Å²) in [4.78, 5) is 0.227. The van der Waals surface area contributed by atoms with Crippen LogP contribution in [-0.2, 0) is 10.0 Å². The second-order valence-corrected chi connectivity index (χ2v) is 10.3. The Labute approximate surface area is 205 Å². The van der Waals surface area contributed by atoms with Gasteiger partial charge in [-0.05, 0) is 66.4 Å². The number of sulfonamides is 1. The number of anilines is 2. The minimum Gasteiger partial charge on any atom is -0.497 e. The molecule has 3 atom stereocenters. The lowest BCUT2D eigenvalue weighted by molar-refractivity contribution is 0.341. The molecule has 0 fully saturated rings. The number of rotatable bonds is 7. The minimum atomic E-state index is -3.76. The molecule has 0 bridgehead atoms. The summed E-state index contributed by atoms with van der Waals surface area (Å²) in [6.07, 6.45) is 5.23. The molecule has 2 aliphatic rings. The van der Waals surface area contributed by atoms with Gasteiger partial charge in [0.05, 0.1) is 32.3 Å². The molecular formula is C27H28N2O5S. The van der Waals surface area contributed by atoms with Gasteiger partial charge >= 0.3 is 0 Å². The fraction of sp³-hybridized carbons (Fsp3) is 0.259. The van der Waals surface area contributed by atoms with Crippen molar-refractivity contribution in [3.8, 4) is 17.2 Å². The van der Waals surface area contributed by atoms with E-state index < -0.39 is 10.0 Å². The molecule has 35 heavy (non-hydrogen) atoms. The topological polar surface area (TPSA) is 85.9 Å². The van der Waals surface area contributed by atoms with E-state index in [0.717, 1.165) is 23.2 Å². The highest BCUT2D eigenvalue weighted by Crippen LogP contribution is 2.52. The second-order valence-electron chi connectivity index (χ2n) is 8.64. The Kier molecular flexibility index (Phi) is 6.06. The maximum absolute atomic E-state index is 13.2. The summed E-state index contributed by atoms with van der Waals surface area (Å²) in [6, 6.07) is 17.9. The third-order valence-electron chi connectivity index (χ3n) is 6.76. The molecule has 3 aromatic rings. The highest BCUT2D eigenvalue weighted by Gasteiger charge is 2.40. The van der Waals surface area contributed by atoms with Crippen molar-refractivity contribution in [2.75, 3.05) is 31.4 Å². The van der Waals surface area contributed by atoms with Gasteiger partial charge in [0.1, 0.15) is 5.75 Å². The van der Waals surface area contributed by atoms with Crippen molar-refractivity contribution in [2.24, 2.45) is 5.92 Å². The van der Waals surface area contributed by atoms with Gasteiger partial charge in [0.25, 0.3) is 10.0 Å². The highest BCUT2D eigenvalue weighted by molar-refractivity contribution is 7.92. The van der Waals surface area contributed by atoms with Crippen LogP contribution in [0.4, 0.5) is 11.4 Å². The van der Waals surface area contributed by atoms with E-state index in [4.69, 9.17) is 14.2 Å². The maximum atomic E-state index is 13.2. The molecule has 0 aromatic heterocycles. The number of ether oxygens (including phenoxy) is 3. The van der Waals surface area contributed by atoms with Crippen molar-refractivity contribution in [3.63, 3.8) is 0 Å². The average Bonchev–Trinajstić information content (AvgIpc) is 3.38. The Balaban J connectivity index is 1.48. The van der Waals surface area contributed by atoms with Crippen LogP contribution in [-0.4, -0.2) is 29.7 Å². The van der Waals surface area contributed by atoms with Crippen LogP contribution in [0.3, 0.4) is 0 Å². The first-order valence-electron chi connectivity index (χ1n) is 11.4. The SMILES string of the molecule is COc1ccc(NS(=O)(=O)c2ccc3c(c2)[C@H]2C=CC[C@H]2[C@@H](c2cccc(OC)c2OC)N3)cc1. The number of nitrogens with one attached hydrogen (secondary N) is 2. The first-order valence-corrected chi connectivity index (χ1v) is 12.9. The molecule has 1 heterocycles. The normalized spacial score (nSPS) is 20.4. The number of hydrogen-bond acceptors (Lipinski definition) is 6. The monoisotopic (exact) mass is 492 g/mol. The molecule has 1 aliphatic carbocycles. The summed E-state index contributed by atoms with van der Waals surface area (Å²) in [7, 11) is 1.09. The fourth-order valence-corrected chi connectivity index (χ4v) is 6.17. The summed E-state index contributed by atoms with van der Waals surface area (Å²) in [6.45, 7) is 0. The molecule has 0 amide bonds. The summed E-state index contributed by atoms with van der Waals surface area (Å²) >= 11 is 0. The van der Waals surface area contributed by atoms with Gasteiger partial charge in [-0.2, -0.15) is 0 Å². The van der Waals surface area contributed by atoms with Gasteiger partial charge in [-0.15, -0.1) is 0 Å². The minimum absolute atomic E-state index is 0.00701. The van der Waals surface area contributed by atoms with Crippen molar-refractivity contribution in [1.82, 2.24) is 0 Å². The van der Waals surface area contributed by atoms with E-state index in [-0.39, 0.29) is 22.8 Å². The molecule has 5 rings (SSSR count). The molecule has 0 saturated heterocycles. The predicted octanol–water partition coefficient (Wildman–Crippen LogP) is 5.34. The molecule has 7 nitrogen and oxygen atoms in total. The number of hydrogen-bond donors (Lipinski definition) is 2. The van der Waals surface area contributed by atoms with Crippen LogP contribution in [0.25, 0.3) is 0 Å². The molecule has 0 saturated carbocycles. The van der Waals surface area contributed by atoms with Crippen LogP contribution in [0.2, 0.25) is 0 Å². The number of allylic oxidation sites excluding steroid dienone is 2. The van der Waals surface area contributed by atoms with E-state index in [2.05, 4.69) is 28.3 Å². The zero-order valence-corrected chi connectivity index (χ0v) is 20.6. The van der Waals surface area contributed by atoms with E-state index in [1.807, 2.05) is 18.2 Å². The van der Waals surface area contributed by atoms with Gasteiger partial charge in [0.2, 0.25) is 0 Å². The molecule has 1 aliphatic heterocycles. The Bertz CT molecular complexity index is 1370. The third kappa shape index (κ3) is 4.18. The molecule has 3 aromatic carbocycles. The molecule has 0 spiro atoms. The Morgan fingerprint density at radius 1 is 0.914 bits per heavy atom. The van der Waals surface area contributed by atoms with E-state index in [9.17, 15) is 8.42 Å². The first-order chi connectivity index (χ1) is 16.9. The summed E-state index contributed by atoms with van der Waals surface area (Å²) in [5.74, 6) is 2.36. The van der Waals surface area contributed by atoms with E-state index in [1.54, 1.807) is 57.7 Å². The molecule has 2 N–H and O–H groups in total. The van der Waals surface area contributed by atoms with Crippen LogP contribution in [0, 0.1) is 5.92 Å². The Hall–Kier alpha value is -3.65. The van der Waals surface area contributed by atoms with Crippen molar-refractivity contribution in [1.29, 1.82) is 0 Å². The molecular weight excluding hydrogens is 464 g/mol. The van der Waals surface area contributed by atoms with Crippen LogP contribution in [0.15, 0.2) is 77.7 Å². The van der Waals surface area contributed by atoms with Gasteiger partial charge in [0, 0.05) is 22.9 Å². The third-order valence-corrected chi connectivity index (χ3v) is 8.13. The fourth-order valence-electron chi connectivity index (χ4n) is 5.08. The predicted molar refractivity (Wildman–Crippen MR) is 136 cm³/mol. The Morgan fingerprint density at radius 3 is 2.43 bits per heavy atom. The molecule has 0 unspecified atom stereocenters. The van der Waals surface area contributed by atoms with Crippen molar-refractivity contribution < 1.29 is 22.6 Å². The van der Waals surface area contributed by atoms with E-state index >= 15 is 0 Å². The van der Waals surface area contributed by atoms with Crippen molar-refractivity contribution in [3.05, 3.63) is 83.9 Å². The van der Waals surface area contributed by atoms with Crippen molar-refractivity contribution >= 4 is 21.4 Å². The Morgan fingerprint density at radius 2 is 1.71 bits per heavy atom. The lowest BCUT2D eigenvalue weighted by Gasteiger charge is -2.38. The van der Waals surface area contributed by atoms with Gasteiger partial charge in [-0.25, -0.2) is 8.42 Å². The smallest absolute Gasteiger partial charge is 0.261 e. The lowest BCUT2D eigenvalue weighted by atomic mass is 9.77. The van der Waals surface area contributed by atoms with Gasteiger partial charge in [-0.1, -0.05) is 24.3 Å². The number of benzene rings is 3. The molecule has 0 radical (unpaired) electrons. The standard InChI is InChI=1S/C27H28N2O5S/c1-32-18-12-10-17(11-13-18)29-35(30,31)19-14-15-24-23(16-19)20-6-4-7-21(20)26(28-24)22-8-5-9-25(33-2)27(22)34-3/h4-6,8-16,20-21,26,28-29H,7H2,1-3H3/t20-,21+,26-/m0/s1. The zero-order valence-electron chi connectivity index (χ0n) is 19.8. The van der Waals surface area contributed by atoms with E-state index in [1.165, 1.54) is 0 Å². The van der Waals surface area contributed by atoms with E-state index in [0.29, 0.717) is 22.9 Å². The van der Waals surface area contributed by atoms with Gasteiger partial charge in [0.15, 0.2) is 11.5 Å². The van der Waals surface area contributed by atoms with Crippen LogP contribution < -0.4 is 24.2 Å². The summed E-state index contributed by atoms with van der Waals surface area (Å²) in [5, 5.41) is 3.65. The molecule has 8 heteroatoms. The lowest BCUT2D eigenvalue weighted by Crippen LogP contribution is -2.29. The number of methoxy groups -OCH3 is 3. The number of para-hydroxylation sites is 1. The van der Waals surface area contributed by atoms with Gasteiger partial charge < -0.3 is 19.5 Å². The van der Waals surface area contributed by atoms with Gasteiger partial charge in [-0.3, -0.25) is 4.72 Å². The van der Waals surface area contributed by atoms with Crippen LogP contribution >= 0.6 is 0 Å². The molecule has 182 valence electrons. The largest absolute Gasteiger partial charge is 0.497 e. The zero-order chi connectivity index (χ0) is 24.6. The summed E-state index contributed by atoms with van der Waals surface area (Å²) in [5.41, 5.74) is 3.38. The summed E-state index contributed by atoms with van der Waals surface area (Å²) < 4.78 is 45.4. The quantitative estimate of drug-likeness (QED) is 0.433. The van der Waals surface area contributed by atoms with Crippen molar-refractivity contribution in [2.45, 2.75) is 23.3 Å². The maximum Gasteiger partial charge on any atom is 0.261 e. The average molecular weight is 493 g/mol. The second kappa shape index (κ2) is 9.19.